The molecule has 0 fully saturated rings. The highest BCUT2D eigenvalue weighted by Crippen LogP contribution is 2.27. The van der Waals surface area contributed by atoms with Gasteiger partial charge in [-0.05, 0) is 32.0 Å². The van der Waals surface area contributed by atoms with Crippen molar-refractivity contribution in [2.75, 3.05) is 5.73 Å². The van der Waals surface area contributed by atoms with Gasteiger partial charge in [0, 0.05) is 12.2 Å². The second-order valence-corrected chi connectivity index (χ2v) is 4.70. The van der Waals surface area contributed by atoms with E-state index in [-0.39, 0.29) is 24.0 Å². The van der Waals surface area contributed by atoms with E-state index in [1.807, 2.05) is 30.8 Å². The minimum atomic E-state index is -1.07. The van der Waals surface area contributed by atoms with Crippen LogP contribution in [0.3, 0.4) is 0 Å². The summed E-state index contributed by atoms with van der Waals surface area (Å²) < 4.78 is 7.34. The van der Waals surface area contributed by atoms with Crippen LogP contribution in [0.5, 0.6) is 5.75 Å². The quantitative estimate of drug-likeness (QED) is 0.817. The van der Waals surface area contributed by atoms with Crippen LogP contribution in [-0.2, 0) is 6.61 Å². The van der Waals surface area contributed by atoms with E-state index >= 15 is 0 Å². The number of aromatic carboxylic acids is 1. The number of nitrogens with two attached hydrogens (primary N) is 1. The van der Waals surface area contributed by atoms with Gasteiger partial charge in [0.1, 0.15) is 12.2 Å². The van der Waals surface area contributed by atoms with Gasteiger partial charge in [0.25, 0.3) is 0 Å². The Morgan fingerprint density at radius 3 is 2.80 bits per heavy atom. The monoisotopic (exact) mass is 275 g/mol. The molecule has 1 aromatic carbocycles. The van der Waals surface area contributed by atoms with E-state index < -0.39 is 5.97 Å². The number of nitrogens with zero attached hydrogens (tertiary/aromatic N) is 2. The summed E-state index contributed by atoms with van der Waals surface area (Å²) in [6.45, 7) is 4.22. The number of hydrogen-bond acceptors (Lipinski definition) is 4. The lowest BCUT2D eigenvalue weighted by Gasteiger charge is -2.10. The summed E-state index contributed by atoms with van der Waals surface area (Å²) in [5.74, 6) is -0.890. The molecule has 0 aliphatic rings. The topological polar surface area (TPSA) is 90.4 Å². The number of nitrogen functional groups attached to an aromatic ring is 1. The highest BCUT2D eigenvalue weighted by Gasteiger charge is 2.14. The summed E-state index contributed by atoms with van der Waals surface area (Å²) >= 11 is 0. The van der Waals surface area contributed by atoms with Crippen LogP contribution in [0.15, 0.2) is 30.5 Å². The Bertz CT molecular complexity index is 620. The lowest BCUT2D eigenvalue weighted by Crippen LogP contribution is -2.07. The first-order valence-electron chi connectivity index (χ1n) is 6.27. The molecule has 1 heterocycles. The van der Waals surface area contributed by atoms with E-state index in [4.69, 9.17) is 15.6 Å². The molecule has 0 bridgehead atoms. The third-order valence-electron chi connectivity index (χ3n) is 2.83. The van der Waals surface area contributed by atoms with Gasteiger partial charge in [-0.15, -0.1) is 0 Å². The number of anilines is 1. The SMILES string of the molecule is CC(C)n1ccc(COc2c(N)cccc2C(=O)O)n1. The van der Waals surface area contributed by atoms with Gasteiger partial charge in [-0.2, -0.15) is 5.10 Å². The fraction of sp³-hybridized carbons (Fsp3) is 0.286. The van der Waals surface area contributed by atoms with Crippen LogP contribution < -0.4 is 10.5 Å². The average Bonchev–Trinajstić information content (AvgIpc) is 2.86. The summed E-state index contributed by atoms with van der Waals surface area (Å²) in [4.78, 5) is 11.1. The summed E-state index contributed by atoms with van der Waals surface area (Å²) in [7, 11) is 0. The molecule has 0 amide bonds. The van der Waals surface area contributed by atoms with Crippen LogP contribution in [0.2, 0.25) is 0 Å². The van der Waals surface area contributed by atoms with Crippen molar-refractivity contribution in [2.24, 2.45) is 0 Å². The van der Waals surface area contributed by atoms with Gasteiger partial charge in [0.05, 0.1) is 11.4 Å². The van der Waals surface area contributed by atoms with E-state index in [9.17, 15) is 4.79 Å². The number of carboxylic acids is 1. The lowest BCUT2D eigenvalue weighted by molar-refractivity contribution is 0.0692. The van der Waals surface area contributed by atoms with Crippen molar-refractivity contribution in [3.8, 4) is 5.75 Å². The van der Waals surface area contributed by atoms with Crippen molar-refractivity contribution in [3.05, 3.63) is 41.7 Å². The van der Waals surface area contributed by atoms with E-state index in [0.29, 0.717) is 5.69 Å². The number of ether oxygens (including phenoxy) is 1. The highest BCUT2D eigenvalue weighted by molar-refractivity contribution is 5.93. The van der Waals surface area contributed by atoms with Crippen LogP contribution in [-0.4, -0.2) is 20.9 Å². The predicted molar refractivity (Wildman–Crippen MR) is 74.8 cm³/mol. The van der Waals surface area contributed by atoms with Crippen molar-refractivity contribution < 1.29 is 14.6 Å². The second-order valence-electron chi connectivity index (χ2n) is 4.70. The zero-order valence-corrected chi connectivity index (χ0v) is 11.4. The second kappa shape index (κ2) is 5.64. The summed E-state index contributed by atoms with van der Waals surface area (Å²) in [6, 6.07) is 6.74. The Kier molecular flexibility index (Phi) is 3.93. The highest BCUT2D eigenvalue weighted by atomic mass is 16.5. The van der Waals surface area contributed by atoms with Crippen LogP contribution >= 0.6 is 0 Å². The van der Waals surface area contributed by atoms with Gasteiger partial charge in [-0.25, -0.2) is 4.79 Å². The zero-order chi connectivity index (χ0) is 14.7. The molecule has 2 aromatic rings. The number of hydrogen-bond donors (Lipinski definition) is 2. The molecule has 6 heteroatoms. The molecule has 20 heavy (non-hydrogen) atoms. The molecule has 0 saturated heterocycles. The van der Waals surface area contributed by atoms with Crippen LogP contribution in [0.1, 0.15) is 35.9 Å². The molecule has 1 aromatic heterocycles. The summed E-state index contributed by atoms with van der Waals surface area (Å²) in [5.41, 5.74) is 6.83. The van der Waals surface area contributed by atoms with Crippen LogP contribution in [0.4, 0.5) is 5.69 Å². The third-order valence-corrected chi connectivity index (χ3v) is 2.83. The largest absolute Gasteiger partial charge is 0.484 e. The van der Waals surface area contributed by atoms with Crippen molar-refractivity contribution in [2.45, 2.75) is 26.5 Å². The normalized spacial score (nSPS) is 10.8. The molecule has 0 saturated carbocycles. The first-order chi connectivity index (χ1) is 9.49. The van der Waals surface area contributed by atoms with E-state index in [2.05, 4.69) is 5.10 Å². The van der Waals surface area contributed by atoms with Crippen LogP contribution in [0.25, 0.3) is 0 Å². The molecule has 3 N–H and O–H groups in total. The molecule has 6 nitrogen and oxygen atoms in total. The predicted octanol–water partition coefficient (Wildman–Crippen LogP) is 2.32. The molecular weight excluding hydrogens is 258 g/mol. The Morgan fingerprint density at radius 2 is 2.20 bits per heavy atom. The van der Waals surface area contributed by atoms with Crippen molar-refractivity contribution in [3.63, 3.8) is 0 Å². The van der Waals surface area contributed by atoms with Crippen LogP contribution in [0, 0.1) is 0 Å². The third kappa shape index (κ3) is 2.90. The molecule has 0 aliphatic heterocycles. The van der Waals surface area contributed by atoms with Gasteiger partial charge >= 0.3 is 5.97 Å². The number of para-hydroxylation sites is 1. The number of carboxylic acid groups (broad SMARTS) is 1. The fourth-order valence-corrected chi connectivity index (χ4v) is 1.77. The smallest absolute Gasteiger partial charge is 0.339 e. The van der Waals surface area contributed by atoms with Crippen molar-refractivity contribution in [1.29, 1.82) is 0 Å². The molecule has 2 rings (SSSR count). The Morgan fingerprint density at radius 1 is 1.45 bits per heavy atom. The van der Waals surface area contributed by atoms with Crippen molar-refractivity contribution in [1.82, 2.24) is 9.78 Å². The van der Waals surface area contributed by atoms with Gasteiger partial charge in [0.2, 0.25) is 0 Å². The van der Waals surface area contributed by atoms with E-state index in [1.165, 1.54) is 6.07 Å². The maximum absolute atomic E-state index is 11.1. The van der Waals surface area contributed by atoms with Gasteiger partial charge < -0.3 is 15.6 Å². The first kappa shape index (κ1) is 13.9. The molecule has 106 valence electrons. The minimum Gasteiger partial charge on any atom is -0.484 e. The first-order valence-corrected chi connectivity index (χ1v) is 6.27. The molecule has 0 spiro atoms. The standard InChI is InChI=1S/C14H17N3O3/c1-9(2)17-7-6-10(16-17)8-20-13-11(14(18)19)4-3-5-12(13)15/h3-7,9H,8,15H2,1-2H3,(H,18,19). The molecule has 0 atom stereocenters. The van der Waals surface area contributed by atoms with Gasteiger partial charge in [-0.3, -0.25) is 4.68 Å². The van der Waals surface area contributed by atoms with E-state index in [0.717, 1.165) is 5.69 Å². The maximum atomic E-state index is 11.1. The molecule has 0 aliphatic carbocycles. The number of benzene rings is 1. The lowest BCUT2D eigenvalue weighted by atomic mass is 10.2. The van der Waals surface area contributed by atoms with Gasteiger partial charge in [0.15, 0.2) is 5.75 Å². The maximum Gasteiger partial charge on any atom is 0.339 e. The summed E-state index contributed by atoms with van der Waals surface area (Å²) in [5, 5.41) is 13.4. The molecular formula is C14H17N3O3. The van der Waals surface area contributed by atoms with E-state index in [1.54, 1.807) is 12.1 Å². The molecule has 0 unspecified atom stereocenters. The molecule has 0 radical (unpaired) electrons. The minimum absolute atomic E-state index is 0.0493. The Labute approximate surface area is 116 Å². The summed E-state index contributed by atoms with van der Waals surface area (Å²) in [6.07, 6.45) is 1.86. The zero-order valence-electron chi connectivity index (χ0n) is 11.4. The fourth-order valence-electron chi connectivity index (χ4n) is 1.77. The number of rotatable bonds is 5. The van der Waals surface area contributed by atoms with Gasteiger partial charge in [-0.1, -0.05) is 6.07 Å². The Balaban J connectivity index is 2.16. The number of carbonyl (C=O) groups is 1. The Hall–Kier alpha value is -2.50. The average molecular weight is 275 g/mol. The number of aromatic nitrogens is 2. The van der Waals surface area contributed by atoms with Crippen molar-refractivity contribution >= 4 is 11.7 Å².